The molecule has 3 heteroatoms. The highest BCUT2D eigenvalue weighted by Gasteiger charge is 2.17. The second-order valence-corrected chi connectivity index (χ2v) is 6.51. The summed E-state index contributed by atoms with van der Waals surface area (Å²) in [7, 11) is 0. The van der Waals surface area contributed by atoms with Crippen LogP contribution in [0.5, 0.6) is 0 Å². The van der Waals surface area contributed by atoms with Crippen molar-refractivity contribution in [3.05, 3.63) is 33.8 Å². The van der Waals surface area contributed by atoms with Crippen LogP contribution in [0.4, 0.5) is 0 Å². The Hall–Kier alpha value is -0.380. The molecular weight excluding hydrogens is 300 g/mol. The molecule has 0 radical (unpaired) electrons. The molecule has 1 aromatic rings. The van der Waals surface area contributed by atoms with Crippen LogP contribution in [0.1, 0.15) is 55.7 Å². The highest BCUT2D eigenvalue weighted by molar-refractivity contribution is 9.10. The first-order valence-corrected chi connectivity index (χ1v) is 8.22. The lowest BCUT2D eigenvalue weighted by Gasteiger charge is -2.24. The third-order valence-corrected chi connectivity index (χ3v) is 4.98. The summed E-state index contributed by atoms with van der Waals surface area (Å²) in [6.45, 7) is 2.77. The summed E-state index contributed by atoms with van der Waals surface area (Å²) in [5, 5.41) is 3.76. The summed E-state index contributed by atoms with van der Waals surface area (Å²) >= 11 is 3.61. The molecule has 1 atom stereocenters. The molecular formula is C16H25BrN2. The molecule has 0 spiro atoms. The van der Waals surface area contributed by atoms with E-state index in [0.29, 0.717) is 12.6 Å². The van der Waals surface area contributed by atoms with E-state index in [1.54, 1.807) is 0 Å². The second-order valence-electron chi connectivity index (χ2n) is 5.65. The molecule has 0 bridgehead atoms. The van der Waals surface area contributed by atoms with Crippen LogP contribution >= 0.6 is 15.9 Å². The van der Waals surface area contributed by atoms with Gasteiger partial charge in [-0.2, -0.15) is 0 Å². The van der Waals surface area contributed by atoms with Gasteiger partial charge in [-0.1, -0.05) is 53.7 Å². The van der Waals surface area contributed by atoms with E-state index in [1.807, 2.05) is 0 Å². The predicted octanol–water partition coefficient (Wildman–Crippen LogP) is 4.07. The number of halogens is 1. The molecule has 0 saturated heterocycles. The minimum atomic E-state index is 0.278. The minimum absolute atomic E-state index is 0.278. The van der Waals surface area contributed by atoms with Gasteiger partial charge in [-0.25, -0.2) is 0 Å². The van der Waals surface area contributed by atoms with Crippen LogP contribution in [0, 0.1) is 6.92 Å². The van der Waals surface area contributed by atoms with E-state index < -0.39 is 0 Å². The van der Waals surface area contributed by atoms with Gasteiger partial charge in [0.15, 0.2) is 0 Å². The van der Waals surface area contributed by atoms with Gasteiger partial charge in [-0.05, 0) is 37.0 Å². The Morgan fingerprint density at radius 3 is 2.53 bits per heavy atom. The summed E-state index contributed by atoms with van der Waals surface area (Å²) < 4.78 is 1.17. The number of nitrogens with one attached hydrogen (secondary N) is 1. The number of benzene rings is 1. The van der Waals surface area contributed by atoms with E-state index in [-0.39, 0.29) is 6.04 Å². The Kier molecular flexibility index (Phi) is 5.86. The Labute approximate surface area is 125 Å². The largest absolute Gasteiger partial charge is 0.329 e. The minimum Gasteiger partial charge on any atom is -0.329 e. The molecule has 0 aliphatic heterocycles. The van der Waals surface area contributed by atoms with Gasteiger partial charge in [0.05, 0.1) is 0 Å². The lowest BCUT2D eigenvalue weighted by Crippen LogP contribution is -2.36. The van der Waals surface area contributed by atoms with Gasteiger partial charge in [-0.15, -0.1) is 0 Å². The van der Waals surface area contributed by atoms with Crippen molar-refractivity contribution in [3.63, 3.8) is 0 Å². The van der Waals surface area contributed by atoms with Gasteiger partial charge >= 0.3 is 0 Å². The van der Waals surface area contributed by atoms with Crippen molar-refractivity contribution < 1.29 is 0 Å². The molecule has 1 saturated carbocycles. The van der Waals surface area contributed by atoms with Crippen molar-refractivity contribution in [2.45, 2.75) is 57.5 Å². The van der Waals surface area contributed by atoms with Crippen LogP contribution in [0.3, 0.4) is 0 Å². The monoisotopic (exact) mass is 324 g/mol. The summed E-state index contributed by atoms with van der Waals surface area (Å²) in [6, 6.07) is 7.48. The van der Waals surface area contributed by atoms with Crippen LogP contribution in [0.25, 0.3) is 0 Å². The summed E-state index contributed by atoms with van der Waals surface area (Å²) in [5.41, 5.74) is 8.54. The van der Waals surface area contributed by atoms with Crippen LogP contribution in [0.15, 0.2) is 22.7 Å². The maximum absolute atomic E-state index is 5.97. The molecule has 2 rings (SSSR count). The van der Waals surface area contributed by atoms with Crippen molar-refractivity contribution in [2.75, 3.05) is 6.54 Å². The fraction of sp³-hybridized carbons (Fsp3) is 0.625. The highest BCUT2D eigenvalue weighted by Crippen LogP contribution is 2.24. The molecule has 0 heterocycles. The van der Waals surface area contributed by atoms with E-state index in [0.717, 1.165) is 0 Å². The lowest BCUT2D eigenvalue weighted by atomic mass is 10.0. The quantitative estimate of drug-likeness (QED) is 0.819. The zero-order chi connectivity index (χ0) is 13.7. The molecule has 106 valence electrons. The first-order valence-electron chi connectivity index (χ1n) is 7.43. The molecule has 2 nitrogen and oxygen atoms in total. The van der Waals surface area contributed by atoms with Crippen LogP contribution in [-0.2, 0) is 0 Å². The predicted molar refractivity (Wildman–Crippen MR) is 85.3 cm³/mol. The van der Waals surface area contributed by atoms with Crippen LogP contribution < -0.4 is 11.1 Å². The second kappa shape index (κ2) is 7.41. The number of rotatable bonds is 4. The van der Waals surface area contributed by atoms with Gasteiger partial charge in [0.25, 0.3) is 0 Å². The SMILES string of the molecule is Cc1ccc(C(CN)NC2CCCCCC2)cc1Br. The topological polar surface area (TPSA) is 38.0 Å². The van der Waals surface area contributed by atoms with E-state index in [1.165, 1.54) is 54.1 Å². The van der Waals surface area contributed by atoms with Gasteiger partial charge in [-0.3, -0.25) is 0 Å². The highest BCUT2D eigenvalue weighted by atomic mass is 79.9. The Morgan fingerprint density at radius 2 is 1.95 bits per heavy atom. The van der Waals surface area contributed by atoms with Crippen molar-refractivity contribution in [3.8, 4) is 0 Å². The maximum atomic E-state index is 5.97. The third-order valence-electron chi connectivity index (χ3n) is 4.13. The Bertz CT molecular complexity index is 398. The van der Waals surface area contributed by atoms with Gasteiger partial charge in [0, 0.05) is 23.1 Å². The summed E-state index contributed by atoms with van der Waals surface area (Å²) in [4.78, 5) is 0. The average Bonchev–Trinajstić information content (AvgIpc) is 2.68. The maximum Gasteiger partial charge on any atom is 0.0447 e. The van der Waals surface area contributed by atoms with Gasteiger partial charge in [0.1, 0.15) is 0 Å². The van der Waals surface area contributed by atoms with Gasteiger partial charge < -0.3 is 11.1 Å². The molecule has 3 N–H and O–H groups in total. The van der Waals surface area contributed by atoms with Crippen molar-refractivity contribution >= 4 is 15.9 Å². The standard InChI is InChI=1S/C16H25BrN2/c1-12-8-9-13(10-15(12)17)16(11-18)19-14-6-4-2-3-5-7-14/h8-10,14,16,19H,2-7,11,18H2,1H3. The first kappa shape index (κ1) is 15.0. The molecule has 1 fully saturated rings. The van der Waals surface area contributed by atoms with Crippen molar-refractivity contribution in [1.29, 1.82) is 0 Å². The fourth-order valence-electron chi connectivity index (χ4n) is 2.86. The molecule has 0 aromatic heterocycles. The third kappa shape index (κ3) is 4.30. The molecule has 0 amide bonds. The molecule has 1 unspecified atom stereocenters. The number of hydrogen-bond acceptors (Lipinski definition) is 2. The lowest BCUT2D eigenvalue weighted by molar-refractivity contribution is 0.402. The fourth-order valence-corrected chi connectivity index (χ4v) is 3.25. The van der Waals surface area contributed by atoms with E-state index >= 15 is 0 Å². The molecule has 19 heavy (non-hydrogen) atoms. The first-order chi connectivity index (χ1) is 9.20. The smallest absolute Gasteiger partial charge is 0.0447 e. The number of aryl methyl sites for hydroxylation is 1. The van der Waals surface area contributed by atoms with Crippen molar-refractivity contribution in [1.82, 2.24) is 5.32 Å². The normalized spacial score (nSPS) is 19.1. The van der Waals surface area contributed by atoms with E-state index in [4.69, 9.17) is 5.73 Å². The van der Waals surface area contributed by atoms with Gasteiger partial charge in [0.2, 0.25) is 0 Å². The van der Waals surface area contributed by atoms with Crippen LogP contribution in [-0.4, -0.2) is 12.6 Å². The zero-order valence-electron chi connectivity index (χ0n) is 11.8. The average molecular weight is 325 g/mol. The molecule has 1 aliphatic carbocycles. The number of hydrogen-bond donors (Lipinski definition) is 2. The summed E-state index contributed by atoms with van der Waals surface area (Å²) in [6.07, 6.45) is 8.08. The van der Waals surface area contributed by atoms with Crippen molar-refractivity contribution in [2.24, 2.45) is 5.73 Å². The number of nitrogens with two attached hydrogens (primary N) is 1. The molecule has 1 aromatic carbocycles. The zero-order valence-corrected chi connectivity index (χ0v) is 13.4. The van der Waals surface area contributed by atoms with E-state index in [9.17, 15) is 0 Å². The Balaban J connectivity index is 2.03. The summed E-state index contributed by atoms with van der Waals surface area (Å²) in [5.74, 6) is 0. The van der Waals surface area contributed by atoms with E-state index in [2.05, 4.69) is 46.4 Å². The molecule has 1 aliphatic rings. The Morgan fingerprint density at radius 1 is 1.26 bits per heavy atom. The van der Waals surface area contributed by atoms with Crippen LogP contribution in [0.2, 0.25) is 0 Å².